The topological polar surface area (TPSA) is 104 Å². The van der Waals surface area contributed by atoms with Crippen LogP contribution in [0.5, 0.6) is 0 Å². The van der Waals surface area contributed by atoms with E-state index in [0.29, 0.717) is 12.2 Å². The van der Waals surface area contributed by atoms with E-state index >= 15 is 0 Å². The number of nitrogens with two attached hydrogens (primary N) is 2. The van der Waals surface area contributed by atoms with Gasteiger partial charge in [-0.1, -0.05) is 12.1 Å². The molecule has 1 saturated heterocycles. The minimum Gasteiger partial charge on any atom is -0.398 e. The molecule has 0 radical (unpaired) electrons. The Morgan fingerprint density at radius 3 is 2.55 bits per heavy atom. The minimum atomic E-state index is 0.416. The van der Waals surface area contributed by atoms with Crippen molar-refractivity contribution in [3.63, 3.8) is 0 Å². The van der Waals surface area contributed by atoms with Gasteiger partial charge in [-0.25, -0.2) is 0 Å². The first-order chi connectivity index (χ1) is 15.2. The van der Waals surface area contributed by atoms with E-state index in [1.807, 2.05) is 54.2 Å². The third-order valence-electron chi connectivity index (χ3n) is 5.20. The second-order valence-electron chi connectivity index (χ2n) is 7.29. The monoisotopic (exact) mass is 419 g/mol. The molecule has 2 heterocycles. The lowest BCUT2D eigenvalue weighted by molar-refractivity contribution is 0.122. The molecule has 2 aromatic carbocycles. The predicted octanol–water partition coefficient (Wildman–Crippen LogP) is 2.33. The molecular weight excluding hydrogens is 390 g/mol. The summed E-state index contributed by atoms with van der Waals surface area (Å²) in [6, 6.07) is 14.3. The molecule has 162 valence electrons. The van der Waals surface area contributed by atoms with Crippen LogP contribution in [0.4, 0.5) is 17.1 Å². The van der Waals surface area contributed by atoms with Crippen molar-refractivity contribution in [2.75, 3.05) is 42.4 Å². The molecule has 0 bridgehead atoms. The van der Waals surface area contributed by atoms with Crippen LogP contribution < -0.4 is 32.4 Å². The highest BCUT2D eigenvalue weighted by atomic mass is 16.5. The van der Waals surface area contributed by atoms with Crippen molar-refractivity contribution >= 4 is 22.8 Å². The molecule has 7 N–H and O–H groups in total. The van der Waals surface area contributed by atoms with Crippen molar-refractivity contribution in [3.05, 3.63) is 84.6 Å². The van der Waals surface area contributed by atoms with E-state index in [2.05, 4.69) is 45.2 Å². The van der Waals surface area contributed by atoms with E-state index in [1.54, 1.807) is 0 Å². The van der Waals surface area contributed by atoms with Crippen LogP contribution in [-0.4, -0.2) is 31.3 Å². The first kappa shape index (κ1) is 20.6. The average molecular weight is 420 g/mol. The highest BCUT2D eigenvalue weighted by molar-refractivity contribution is 5.69. The maximum Gasteiger partial charge on any atom is 0.0642 e. The Hall–Kier alpha value is -3.62. The number of rotatable bonds is 5. The summed E-state index contributed by atoms with van der Waals surface area (Å²) in [5.41, 5.74) is 20.9. The molecule has 0 unspecified atom stereocenters. The maximum absolute atomic E-state index is 6.15. The van der Waals surface area contributed by atoms with Crippen molar-refractivity contribution in [2.24, 2.45) is 5.73 Å². The lowest BCUT2D eigenvalue weighted by atomic mass is 10.1. The van der Waals surface area contributed by atoms with Crippen LogP contribution >= 0.6 is 0 Å². The van der Waals surface area contributed by atoms with Crippen LogP contribution in [0, 0.1) is 0 Å². The Kier molecular flexibility index (Phi) is 6.61. The average Bonchev–Trinajstić information content (AvgIpc) is 2.92. The first-order valence-electron chi connectivity index (χ1n) is 10.4. The summed E-state index contributed by atoms with van der Waals surface area (Å²) in [5.74, 6) is 0. The lowest BCUT2D eigenvalue weighted by Gasteiger charge is -2.29. The van der Waals surface area contributed by atoms with Crippen LogP contribution in [0.3, 0.4) is 0 Å². The first-order valence-corrected chi connectivity index (χ1v) is 10.4. The van der Waals surface area contributed by atoms with Crippen LogP contribution in [-0.2, 0) is 11.3 Å². The molecule has 4 rings (SSSR count). The Morgan fingerprint density at radius 1 is 1.00 bits per heavy atom. The highest BCUT2D eigenvalue weighted by Gasteiger charge is 2.11. The number of nitrogens with one attached hydrogen (secondary N) is 3. The SMILES string of the molecule is NCc1ccc(C2=CN(Nc3ccc(N4CCOCC4)cc3)C=CNC=CN2)cc1N. The fourth-order valence-electron chi connectivity index (χ4n) is 3.47. The standard InChI is InChI=1S/C23H29N7O/c24-16-19-2-1-18(15-22(19)25)23-17-30(10-9-26-7-8-27-23)28-20-3-5-21(6-4-20)29-11-13-31-14-12-29/h1-10,15,17,26-28H,11-14,16,24-25H2. The van der Waals surface area contributed by atoms with Crippen LogP contribution in [0.25, 0.3) is 5.70 Å². The van der Waals surface area contributed by atoms with Gasteiger partial charge in [-0.2, -0.15) is 0 Å². The Labute approximate surface area is 182 Å². The molecule has 0 aliphatic carbocycles. The number of anilines is 3. The number of benzene rings is 2. The van der Waals surface area contributed by atoms with Gasteiger partial charge in [0.05, 0.1) is 30.8 Å². The molecule has 31 heavy (non-hydrogen) atoms. The van der Waals surface area contributed by atoms with E-state index in [9.17, 15) is 0 Å². The number of nitrogens with zero attached hydrogens (tertiary/aromatic N) is 2. The van der Waals surface area contributed by atoms with Gasteiger partial charge in [0.25, 0.3) is 0 Å². The molecule has 0 saturated carbocycles. The Morgan fingerprint density at radius 2 is 1.81 bits per heavy atom. The van der Waals surface area contributed by atoms with Crippen molar-refractivity contribution < 1.29 is 4.74 Å². The normalized spacial score (nSPS) is 16.5. The number of nitrogen functional groups attached to an aromatic ring is 1. The summed E-state index contributed by atoms with van der Waals surface area (Å²) in [6.45, 7) is 3.81. The van der Waals surface area contributed by atoms with E-state index in [4.69, 9.17) is 16.2 Å². The number of morpholine rings is 1. The van der Waals surface area contributed by atoms with Gasteiger partial charge in [-0.3, -0.25) is 10.4 Å². The number of hydrogen-bond acceptors (Lipinski definition) is 8. The molecule has 8 nitrogen and oxygen atoms in total. The van der Waals surface area contributed by atoms with Gasteiger partial charge < -0.3 is 31.7 Å². The third kappa shape index (κ3) is 5.30. The van der Waals surface area contributed by atoms with Gasteiger partial charge in [0.2, 0.25) is 0 Å². The molecule has 8 heteroatoms. The van der Waals surface area contributed by atoms with Crippen molar-refractivity contribution in [1.29, 1.82) is 0 Å². The molecule has 0 amide bonds. The van der Waals surface area contributed by atoms with Crippen LogP contribution in [0.1, 0.15) is 11.1 Å². The second kappa shape index (κ2) is 9.92. The summed E-state index contributed by atoms with van der Waals surface area (Å²) in [5, 5.41) is 8.29. The largest absolute Gasteiger partial charge is 0.398 e. The maximum atomic E-state index is 6.15. The summed E-state index contributed by atoms with van der Waals surface area (Å²) in [7, 11) is 0. The van der Waals surface area contributed by atoms with Gasteiger partial charge in [0.15, 0.2) is 0 Å². The summed E-state index contributed by atoms with van der Waals surface area (Å²) >= 11 is 0. The van der Waals surface area contributed by atoms with Gasteiger partial charge in [0, 0.05) is 61.4 Å². The quantitative estimate of drug-likeness (QED) is 0.471. The molecular formula is C23H29N7O. The molecule has 1 fully saturated rings. The van der Waals surface area contributed by atoms with Gasteiger partial charge in [-0.15, -0.1) is 0 Å². The lowest BCUT2D eigenvalue weighted by Crippen LogP contribution is -2.36. The van der Waals surface area contributed by atoms with E-state index in [-0.39, 0.29) is 0 Å². The second-order valence-corrected chi connectivity index (χ2v) is 7.29. The molecule has 2 aliphatic heterocycles. The fourth-order valence-corrected chi connectivity index (χ4v) is 3.47. The predicted molar refractivity (Wildman–Crippen MR) is 126 cm³/mol. The summed E-state index contributed by atoms with van der Waals surface area (Å²) in [4.78, 5) is 2.33. The molecule has 0 atom stereocenters. The summed E-state index contributed by atoms with van der Waals surface area (Å²) < 4.78 is 5.44. The Balaban J connectivity index is 1.53. The van der Waals surface area contributed by atoms with Crippen molar-refractivity contribution in [2.45, 2.75) is 6.54 Å². The van der Waals surface area contributed by atoms with E-state index in [1.165, 1.54) is 5.69 Å². The molecule has 2 aromatic rings. The number of ether oxygens (including phenoxy) is 1. The zero-order valence-electron chi connectivity index (χ0n) is 17.4. The highest BCUT2D eigenvalue weighted by Crippen LogP contribution is 2.22. The van der Waals surface area contributed by atoms with Gasteiger partial charge in [0.1, 0.15) is 0 Å². The van der Waals surface area contributed by atoms with Crippen molar-refractivity contribution in [3.8, 4) is 0 Å². The molecule has 0 spiro atoms. The van der Waals surface area contributed by atoms with Gasteiger partial charge in [-0.05, 0) is 35.9 Å². The smallest absolute Gasteiger partial charge is 0.0642 e. The van der Waals surface area contributed by atoms with Crippen molar-refractivity contribution in [1.82, 2.24) is 15.6 Å². The van der Waals surface area contributed by atoms with Gasteiger partial charge >= 0.3 is 0 Å². The molecule has 2 aliphatic rings. The zero-order valence-corrected chi connectivity index (χ0v) is 17.4. The number of hydrazine groups is 1. The fraction of sp³-hybridized carbons (Fsp3) is 0.217. The summed E-state index contributed by atoms with van der Waals surface area (Å²) in [6.07, 6.45) is 9.39. The van der Waals surface area contributed by atoms with Crippen LogP contribution in [0.15, 0.2) is 73.5 Å². The Bertz CT molecular complexity index is 962. The zero-order chi connectivity index (χ0) is 21.5. The molecule has 0 aromatic heterocycles. The minimum absolute atomic E-state index is 0.416. The number of hydrogen-bond donors (Lipinski definition) is 5. The van der Waals surface area contributed by atoms with E-state index < -0.39 is 0 Å². The van der Waals surface area contributed by atoms with E-state index in [0.717, 1.165) is 48.8 Å². The van der Waals surface area contributed by atoms with Crippen LogP contribution in [0.2, 0.25) is 0 Å². The third-order valence-corrected chi connectivity index (χ3v) is 5.20.